The van der Waals surface area contributed by atoms with Crippen LogP contribution in [0.25, 0.3) is 11.0 Å². The number of rotatable bonds is 7. The van der Waals surface area contributed by atoms with E-state index in [2.05, 4.69) is 5.32 Å². The number of aromatic hydroxyl groups is 1. The van der Waals surface area contributed by atoms with Crippen molar-refractivity contribution in [3.63, 3.8) is 0 Å². The highest BCUT2D eigenvalue weighted by Gasteiger charge is 2.11. The predicted molar refractivity (Wildman–Crippen MR) is 128 cm³/mol. The number of hydrogen-bond donors (Lipinski definition) is 2. The van der Waals surface area contributed by atoms with Crippen LogP contribution >= 0.6 is 11.8 Å². The molecule has 0 aliphatic carbocycles. The number of phenolic OH excluding ortho intramolecular Hbond substituents is 1. The molecule has 8 heteroatoms. The number of methoxy groups -OCH3 is 2. The van der Waals surface area contributed by atoms with Gasteiger partial charge in [0.05, 0.1) is 14.2 Å². The molecule has 0 radical (unpaired) electrons. The SMILES string of the molecule is COc1ccc(C(=O)Nc2ccc(SCc3cc4ccc(O)cc4oc3=O)cc2)cc1OC. The minimum atomic E-state index is -0.431. The summed E-state index contributed by atoms with van der Waals surface area (Å²) in [7, 11) is 3.05. The van der Waals surface area contributed by atoms with Crippen LogP contribution in [0.5, 0.6) is 17.2 Å². The summed E-state index contributed by atoms with van der Waals surface area (Å²) in [5.41, 5.74) is 1.54. The predicted octanol–water partition coefficient (Wildman–Crippen LogP) is 5.06. The third-order valence-electron chi connectivity index (χ3n) is 4.94. The molecule has 3 aromatic carbocycles. The fraction of sp³-hybridized carbons (Fsp3) is 0.120. The zero-order chi connectivity index (χ0) is 23.4. The minimum Gasteiger partial charge on any atom is -0.508 e. The van der Waals surface area contributed by atoms with Crippen molar-refractivity contribution in [3.8, 4) is 17.2 Å². The van der Waals surface area contributed by atoms with Gasteiger partial charge in [0.25, 0.3) is 5.91 Å². The summed E-state index contributed by atoms with van der Waals surface area (Å²) < 4.78 is 15.7. The largest absolute Gasteiger partial charge is 0.508 e. The number of fused-ring (bicyclic) bond motifs is 1. The van der Waals surface area contributed by atoms with Gasteiger partial charge in [0.15, 0.2) is 11.5 Å². The van der Waals surface area contributed by atoms with Crippen LogP contribution in [0.2, 0.25) is 0 Å². The maximum Gasteiger partial charge on any atom is 0.340 e. The Morgan fingerprint density at radius 2 is 1.73 bits per heavy atom. The minimum absolute atomic E-state index is 0.0473. The van der Waals surface area contributed by atoms with Crippen LogP contribution in [0.4, 0.5) is 5.69 Å². The van der Waals surface area contributed by atoms with Crippen LogP contribution in [-0.2, 0) is 5.75 Å². The average molecular weight is 464 g/mol. The van der Waals surface area contributed by atoms with Gasteiger partial charge in [-0.2, -0.15) is 0 Å². The summed E-state index contributed by atoms with van der Waals surface area (Å²) in [6, 6.07) is 18.7. The van der Waals surface area contributed by atoms with Crippen molar-refractivity contribution < 1.29 is 23.8 Å². The summed E-state index contributed by atoms with van der Waals surface area (Å²) in [6.07, 6.45) is 0. The Kier molecular flexibility index (Phi) is 6.55. The highest BCUT2D eigenvalue weighted by Crippen LogP contribution is 2.29. The van der Waals surface area contributed by atoms with Crippen molar-refractivity contribution in [3.05, 3.63) is 88.3 Å². The lowest BCUT2D eigenvalue weighted by molar-refractivity contribution is 0.102. The van der Waals surface area contributed by atoms with Crippen LogP contribution < -0.4 is 20.4 Å². The Bertz CT molecular complexity index is 1360. The standard InChI is InChI=1S/C25H21NO6S/c1-30-21-10-4-16(12-23(21)31-2)24(28)26-18-5-8-20(9-6-18)33-14-17-11-15-3-7-19(27)13-22(15)32-25(17)29/h3-13,27H,14H2,1-2H3,(H,26,28). The van der Waals surface area contributed by atoms with E-state index in [0.29, 0.717) is 39.6 Å². The number of nitrogens with one attached hydrogen (secondary N) is 1. The van der Waals surface area contributed by atoms with Crippen molar-refractivity contribution in [1.29, 1.82) is 0 Å². The molecule has 1 heterocycles. The van der Waals surface area contributed by atoms with E-state index in [1.807, 2.05) is 12.1 Å². The zero-order valence-electron chi connectivity index (χ0n) is 18.0. The first-order valence-electron chi connectivity index (χ1n) is 9.99. The Hall–Kier alpha value is -3.91. The van der Waals surface area contributed by atoms with E-state index in [0.717, 1.165) is 10.3 Å². The molecule has 7 nitrogen and oxygen atoms in total. The number of hydrogen-bond acceptors (Lipinski definition) is 7. The van der Waals surface area contributed by atoms with Crippen molar-refractivity contribution in [2.75, 3.05) is 19.5 Å². The summed E-state index contributed by atoms with van der Waals surface area (Å²) >= 11 is 1.48. The van der Waals surface area contributed by atoms with Crippen molar-refractivity contribution in [2.24, 2.45) is 0 Å². The zero-order valence-corrected chi connectivity index (χ0v) is 18.8. The normalized spacial score (nSPS) is 10.7. The van der Waals surface area contributed by atoms with Gasteiger partial charge in [-0.25, -0.2) is 4.79 Å². The number of anilines is 1. The van der Waals surface area contributed by atoms with Gasteiger partial charge in [-0.3, -0.25) is 4.79 Å². The summed E-state index contributed by atoms with van der Waals surface area (Å²) in [6.45, 7) is 0. The first-order valence-corrected chi connectivity index (χ1v) is 11.0. The number of ether oxygens (including phenoxy) is 2. The van der Waals surface area contributed by atoms with E-state index in [1.54, 1.807) is 48.5 Å². The van der Waals surface area contributed by atoms with Gasteiger partial charge in [0, 0.05) is 38.9 Å². The van der Waals surface area contributed by atoms with E-state index in [4.69, 9.17) is 13.9 Å². The molecule has 0 spiro atoms. The van der Waals surface area contributed by atoms with Crippen molar-refractivity contribution in [1.82, 2.24) is 0 Å². The number of carbonyl (C=O) groups is 1. The molecule has 4 aromatic rings. The van der Waals surface area contributed by atoms with Crippen LogP contribution in [0, 0.1) is 0 Å². The van der Waals surface area contributed by atoms with Gasteiger partial charge in [-0.15, -0.1) is 11.8 Å². The fourth-order valence-corrected chi connectivity index (χ4v) is 4.07. The van der Waals surface area contributed by atoms with Crippen LogP contribution in [0.1, 0.15) is 15.9 Å². The monoisotopic (exact) mass is 463 g/mol. The lowest BCUT2D eigenvalue weighted by atomic mass is 10.2. The van der Waals surface area contributed by atoms with E-state index < -0.39 is 5.63 Å². The molecule has 0 saturated heterocycles. The van der Waals surface area contributed by atoms with Crippen LogP contribution in [0.3, 0.4) is 0 Å². The lowest BCUT2D eigenvalue weighted by Gasteiger charge is -2.10. The summed E-state index contributed by atoms with van der Waals surface area (Å²) in [5, 5.41) is 13.1. The molecule has 0 bridgehead atoms. The first-order chi connectivity index (χ1) is 16.0. The molecule has 0 saturated carbocycles. The topological polar surface area (TPSA) is 98.0 Å². The average Bonchev–Trinajstić information content (AvgIpc) is 2.83. The maximum atomic E-state index is 12.6. The van der Waals surface area contributed by atoms with Gasteiger partial charge in [-0.05, 0) is 60.7 Å². The Morgan fingerprint density at radius 3 is 2.45 bits per heavy atom. The quantitative estimate of drug-likeness (QED) is 0.292. The second-order valence-corrected chi connectivity index (χ2v) is 8.17. The van der Waals surface area contributed by atoms with E-state index in [-0.39, 0.29) is 11.7 Å². The second-order valence-electron chi connectivity index (χ2n) is 7.12. The fourth-order valence-electron chi connectivity index (χ4n) is 3.22. The Morgan fingerprint density at radius 1 is 0.970 bits per heavy atom. The molecule has 33 heavy (non-hydrogen) atoms. The third kappa shape index (κ3) is 5.12. The molecule has 1 amide bonds. The molecule has 0 aliphatic heterocycles. The van der Waals surface area contributed by atoms with E-state index in [9.17, 15) is 14.7 Å². The van der Waals surface area contributed by atoms with Gasteiger partial charge in [0.2, 0.25) is 0 Å². The number of thioether (sulfide) groups is 1. The summed E-state index contributed by atoms with van der Waals surface area (Å²) in [5.74, 6) is 1.24. The van der Waals surface area contributed by atoms with E-state index >= 15 is 0 Å². The molecule has 168 valence electrons. The third-order valence-corrected chi connectivity index (χ3v) is 6.00. The Balaban J connectivity index is 1.41. The van der Waals surface area contributed by atoms with Gasteiger partial charge < -0.3 is 24.3 Å². The van der Waals surface area contributed by atoms with Gasteiger partial charge in [0.1, 0.15) is 11.3 Å². The molecule has 0 atom stereocenters. The molecule has 0 fully saturated rings. The van der Waals surface area contributed by atoms with Crippen LogP contribution in [-0.4, -0.2) is 25.2 Å². The highest BCUT2D eigenvalue weighted by molar-refractivity contribution is 7.98. The molecular formula is C25H21NO6S. The smallest absolute Gasteiger partial charge is 0.340 e. The van der Waals surface area contributed by atoms with Crippen molar-refractivity contribution in [2.45, 2.75) is 10.6 Å². The number of phenols is 1. The molecule has 4 rings (SSSR count). The molecule has 0 unspecified atom stereocenters. The summed E-state index contributed by atoms with van der Waals surface area (Å²) in [4.78, 5) is 25.7. The maximum absolute atomic E-state index is 12.6. The van der Waals surface area contributed by atoms with E-state index in [1.165, 1.54) is 32.0 Å². The Labute approximate surface area is 194 Å². The van der Waals surface area contributed by atoms with Crippen LogP contribution in [0.15, 0.2) is 80.8 Å². The lowest BCUT2D eigenvalue weighted by Crippen LogP contribution is -2.12. The van der Waals surface area contributed by atoms with Gasteiger partial charge in [-0.1, -0.05) is 0 Å². The molecule has 2 N–H and O–H groups in total. The van der Waals surface area contributed by atoms with Crippen molar-refractivity contribution >= 4 is 34.3 Å². The molecule has 0 aliphatic rings. The highest BCUT2D eigenvalue weighted by atomic mass is 32.2. The number of amides is 1. The molecule has 1 aromatic heterocycles. The number of carbonyl (C=O) groups excluding carboxylic acids is 1. The molecular weight excluding hydrogens is 442 g/mol. The van der Waals surface area contributed by atoms with Gasteiger partial charge >= 0.3 is 5.63 Å². The number of benzene rings is 3. The second kappa shape index (κ2) is 9.70. The first kappa shape index (κ1) is 22.3.